The largest absolute Gasteiger partial charge is 0.494 e. The van der Waals surface area contributed by atoms with Gasteiger partial charge in [-0.15, -0.1) is 0 Å². The summed E-state index contributed by atoms with van der Waals surface area (Å²) < 4.78 is 22.0. The van der Waals surface area contributed by atoms with Crippen molar-refractivity contribution in [2.45, 2.75) is 82.5 Å². The van der Waals surface area contributed by atoms with Gasteiger partial charge in [0.15, 0.2) is 6.29 Å². The van der Waals surface area contributed by atoms with Crippen LogP contribution in [0.25, 0.3) is 0 Å². The molecule has 1 aromatic rings. The molecule has 0 radical (unpaired) electrons. The van der Waals surface area contributed by atoms with Crippen molar-refractivity contribution < 1.29 is 28.8 Å². The number of benzene rings is 1. The van der Waals surface area contributed by atoms with Crippen LogP contribution >= 0.6 is 0 Å². The van der Waals surface area contributed by atoms with E-state index < -0.39 is 6.29 Å². The zero-order valence-electron chi connectivity index (χ0n) is 21.7. The maximum absolute atomic E-state index is 11.0. The minimum atomic E-state index is -0.850. The third-order valence-electron chi connectivity index (χ3n) is 6.21. The first-order chi connectivity index (χ1) is 17.6. The molecule has 1 aromatic carbocycles. The highest BCUT2D eigenvalue weighted by Gasteiger charge is 2.17. The van der Waals surface area contributed by atoms with Crippen molar-refractivity contribution in [1.29, 1.82) is 0 Å². The van der Waals surface area contributed by atoms with Crippen LogP contribution in [-0.4, -0.2) is 49.9 Å². The minimum Gasteiger partial charge on any atom is -0.494 e. The molecular weight excluding hydrogens is 456 g/mol. The van der Waals surface area contributed by atoms with Crippen molar-refractivity contribution in [2.75, 3.05) is 26.4 Å². The van der Waals surface area contributed by atoms with Gasteiger partial charge in [0, 0.05) is 18.6 Å². The molecule has 3 unspecified atom stereocenters. The predicted molar refractivity (Wildman–Crippen MR) is 143 cm³/mol. The number of aliphatic hydroxyl groups is 1. The second-order valence-corrected chi connectivity index (χ2v) is 9.09. The van der Waals surface area contributed by atoms with E-state index in [0.29, 0.717) is 25.7 Å². The molecule has 0 aliphatic heterocycles. The molecule has 1 aliphatic rings. The summed E-state index contributed by atoms with van der Waals surface area (Å²) >= 11 is 0. The average Bonchev–Trinajstić information content (AvgIpc) is 2.92. The smallest absolute Gasteiger partial charge is 0.330 e. The fraction of sp³-hybridized carbons (Fsp3) is 0.567. The lowest BCUT2D eigenvalue weighted by Crippen LogP contribution is -2.16. The van der Waals surface area contributed by atoms with Crippen molar-refractivity contribution in [1.82, 2.24) is 0 Å². The highest BCUT2D eigenvalue weighted by molar-refractivity contribution is 5.81. The molecular formula is C30H44O6. The predicted octanol–water partition coefficient (Wildman–Crippen LogP) is 6.26. The highest BCUT2D eigenvalue weighted by atomic mass is 16.6. The Kier molecular flexibility index (Phi) is 15.6. The molecule has 36 heavy (non-hydrogen) atoms. The summed E-state index contributed by atoms with van der Waals surface area (Å²) in [5, 5.41) is 9.25. The summed E-state index contributed by atoms with van der Waals surface area (Å²) in [5.41, 5.74) is 1.31. The van der Waals surface area contributed by atoms with Gasteiger partial charge in [0.05, 0.1) is 25.9 Å². The van der Waals surface area contributed by atoms with Gasteiger partial charge in [0.25, 0.3) is 0 Å². The quantitative estimate of drug-likeness (QED) is 0.0749. The maximum atomic E-state index is 11.0. The van der Waals surface area contributed by atoms with Gasteiger partial charge in [-0.3, -0.25) is 0 Å². The van der Waals surface area contributed by atoms with Crippen molar-refractivity contribution in [2.24, 2.45) is 0 Å². The van der Waals surface area contributed by atoms with Crippen molar-refractivity contribution in [3.8, 4) is 5.75 Å². The number of unbranched alkanes of at least 4 members (excludes halogenated alkanes) is 6. The molecule has 200 valence electrons. The molecule has 0 amide bonds. The number of hydrogen-bond donors (Lipinski definition) is 1. The second kappa shape index (κ2) is 18.8. The molecule has 0 heterocycles. The summed E-state index contributed by atoms with van der Waals surface area (Å²) in [7, 11) is 0. The number of allylic oxidation sites excluding steroid dienone is 1. The molecule has 0 fully saturated rings. The van der Waals surface area contributed by atoms with Crippen LogP contribution in [0.1, 0.15) is 75.7 Å². The van der Waals surface area contributed by atoms with Crippen molar-refractivity contribution in [3.63, 3.8) is 0 Å². The van der Waals surface area contributed by atoms with Crippen LogP contribution in [0.15, 0.2) is 61.7 Å². The number of aliphatic hydroxyl groups excluding tert-OH is 1. The molecule has 1 N–H and O–H groups in total. The Morgan fingerprint density at radius 3 is 2.19 bits per heavy atom. The summed E-state index contributed by atoms with van der Waals surface area (Å²) in [6.07, 6.45) is 16.7. The Labute approximate surface area is 217 Å². The fourth-order valence-electron chi connectivity index (χ4n) is 4.07. The number of hydrogen-bond acceptors (Lipinski definition) is 6. The standard InChI is InChI=1S/C30H44O6/c1-3-29(31)35-23-11-7-5-9-21-33-27-17-13-25(14-18-27)26-15-19-28(20-16-26)34-22-10-6-8-12-24-36-30(32)4-2/h3-4,13-15,17-19,26,28,30,32H,1-2,5-12,16,20-24H2. The maximum Gasteiger partial charge on any atom is 0.330 e. The molecule has 0 bridgehead atoms. The van der Waals surface area contributed by atoms with E-state index in [1.165, 1.54) is 17.7 Å². The van der Waals surface area contributed by atoms with Crippen LogP contribution in [0.3, 0.4) is 0 Å². The van der Waals surface area contributed by atoms with E-state index in [1.807, 2.05) is 0 Å². The summed E-state index contributed by atoms with van der Waals surface area (Å²) in [4.78, 5) is 11.0. The lowest BCUT2D eigenvalue weighted by atomic mass is 9.88. The van der Waals surface area contributed by atoms with Gasteiger partial charge < -0.3 is 24.1 Å². The monoisotopic (exact) mass is 500 g/mol. The van der Waals surface area contributed by atoms with E-state index >= 15 is 0 Å². The lowest BCUT2D eigenvalue weighted by Gasteiger charge is -2.23. The molecule has 0 saturated heterocycles. The van der Waals surface area contributed by atoms with E-state index in [9.17, 15) is 9.90 Å². The van der Waals surface area contributed by atoms with Crippen LogP contribution in [0.5, 0.6) is 5.75 Å². The average molecular weight is 501 g/mol. The minimum absolute atomic E-state index is 0.212. The summed E-state index contributed by atoms with van der Waals surface area (Å²) in [6, 6.07) is 8.45. The van der Waals surface area contributed by atoms with E-state index in [2.05, 4.69) is 49.6 Å². The first kappa shape index (κ1) is 29.8. The zero-order chi connectivity index (χ0) is 25.8. The Bertz CT molecular complexity index is 772. The second-order valence-electron chi connectivity index (χ2n) is 9.09. The molecule has 3 atom stereocenters. The molecule has 2 rings (SSSR count). The van der Waals surface area contributed by atoms with Gasteiger partial charge in [0.1, 0.15) is 5.75 Å². The van der Waals surface area contributed by atoms with E-state index in [-0.39, 0.29) is 12.1 Å². The molecule has 0 spiro atoms. The number of ether oxygens (including phenoxy) is 4. The van der Waals surface area contributed by atoms with E-state index in [4.69, 9.17) is 18.9 Å². The molecule has 1 aliphatic carbocycles. The van der Waals surface area contributed by atoms with Gasteiger partial charge in [-0.25, -0.2) is 4.79 Å². The van der Waals surface area contributed by atoms with E-state index in [0.717, 1.165) is 76.6 Å². The Hall–Kier alpha value is -2.41. The van der Waals surface area contributed by atoms with Crippen LogP contribution < -0.4 is 4.74 Å². The zero-order valence-corrected chi connectivity index (χ0v) is 21.7. The third kappa shape index (κ3) is 13.1. The molecule has 6 nitrogen and oxygen atoms in total. The van der Waals surface area contributed by atoms with Crippen LogP contribution in [0.2, 0.25) is 0 Å². The van der Waals surface area contributed by atoms with Crippen LogP contribution in [0.4, 0.5) is 0 Å². The number of carbonyl (C=O) groups is 1. The Balaban J connectivity index is 1.52. The topological polar surface area (TPSA) is 74.2 Å². The van der Waals surface area contributed by atoms with Gasteiger partial charge >= 0.3 is 5.97 Å². The molecule has 0 aromatic heterocycles. The third-order valence-corrected chi connectivity index (χ3v) is 6.21. The van der Waals surface area contributed by atoms with Gasteiger partial charge in [-0.05, 0) is 75.1 Å². The molecule has 6 heteroatoms. The van der Waals surface area contributed by atoms with Crippen LogP contribution in [0, 0.1) is 0 Å². The number of esters is 1. The molecule has 0 saturated carbocycles. The SMILES string of the molecule is C=CC(=O)OCCCCCCOc1ccc(C2C=CC(OCCCCCCOC(O)C=C)CC2)cc1. The van der Waals surface area contributed by atoms with Gasteiger partial charge in [0.2, 0.25) is 0 Å². The van der Waals surface area contributed by atoms with Gasteiger partial charge in [-0.2, -0.15) is 0 Å². The normalized spacial score (nSPS) is 17.9. The van der Waals surface area contributed by atoms with Crippen molar-refractivity contribution in [3.05, 3.63) is 67.3 Å². The first-order valence-electron chi connectivity index (χ1n) is 13.4. The van der Waals surface area contributed by atoms with Crippen molar-refractivity contribution >= 4 is 5.97 Å². The number of rotatable bonds is 20. The fourth-order valence-corrected chi connectivity index (χ4v) is 4.07. The highest BCUT2D eigenvalue weighted by Crippen LogP contribution is 2.30. The Morgan fingerprint density at radius 1 is 0.889 bits per heavy atom. The first-order valence-corrected chi connectivity index (χ1v) is 13.4. The lowest BCUT2D eigenvalue weighted by molar-refractivity contribution is -0.137. The summed E-state index contributed by atoms with van der Waals surface area (Å²) in [6.45, 7) is 9.36. The Morgan fingerprint density at radius 2 is 1.56 bits per heavy atom. The summed E-state index contributed by atoms with van der Waals surface area (Å²) in [5.74, 6) is 0.981. The van der Waals surface area contributed by atoms with Crippen LogP contribution in [-0.2, 0) is 19.0 Å². The van der Waals surface area contributed by atoms with Gasteiger partial charge in [-0.1, -0.05) is 50.3 Å². The number of carbonyl (C=O) groups excluding carboxylic acids is 1. The van der Waals surface area contributed by atoms with E-state index in [1.54, 1.807) is 0 Å².